The van der Waals surface area contributed by atoms with E-state index in [0.29, 0.717) is 11.4 Å². The molecule has 0 aliphatic carbocycles. The van der Waals surface area contributed by atoms with E-state index < -0.39 is 0 Å². The molecule has 144 valence electrons. The maximum absolute atomic E-state index is 12.3. The molecule has 5 nitrogen and oxygen atoms in total. The minimum absolute atomic E-state index is 0.307. The first-order valence-corrected chi connectivity index (χ1v) is 9.31. The van der Waals surface area contributed by atoms with Gasteiger partial charge in [-0.3, -0.25) is 0 Å². The molecule has 3 aromatic carbocycles. The number of hydrogen-bond donors (Lipinski definition) is 2. The third kappa shape index (κ3) is 4.19. The molecule has 2 N–H and O–H groups in total. The average Bonchev–Trinajstić information content (AvgIpc) is 2.73. The lowest BCUT2D eigenvalue weighted by Gasteiger charge is -2.12. The molecule has 4 aromatic rings. The summed E-state index contributed by atoms with van der Waals surface area (Å²) in [6, 6.07) is 24.7. The maximum Gasteiger partial charge on any atom is 0.323 e. The molecule has 0 saturated heterocycles. The summed E-state index contributed by atoms with van der Waals surface area (Å²) in [4.78, 5) is 17.0. The number of nitrogens with zero attached hydrogens (tertiary/aromatic N) is 1. The minimum Gasteiger partial charge on any atom is -0.496 e. The van der Waals surface area contributed by atoms with Crippen molar-refractivity contribution in [2.24, 2.45) is 0 Å². The number of methoxy groups -OCH3 is 1. The van der Waals surface area contributed by atoms with Gasteiger partial charge in [-0.25, -0.2) is 9.78 Å². The molecule has 29 heavy (non-hydrogen) atoms. The van der Waals surface area contributed by atoms with E-state index in [0.717, 1.165) is 27.8 Å². The number of carbonyl (C=O) groups excluding carboxylic acids is 1. The average molecular weight is 383 g/mol. The van der Waals surface area contributed by atoms with Crippen molar-refractivity contribution in [3.05, 3.63) is 84.4 Å². The molecular weight excluding hydrogens is 362 g/mol. The summed E-state index contributed by atoms with van der Waals surface area (Å²) in [5.41, 5.74) is 5.25. The number of urea groups is 1. The van der Waals surface area contributed by atoms with Crippen LogP contribution in [-0.2, 0) is 0 Å². The molecule has 0 aliphatic rings. The van der Waals surface area contributed by atoms with Gasteiger partial charge in [-0.2, -0.15) is 0 Å². The predicted molar refractivity (Wildman–Crippen MR) is 118 cm³/mol. The Hall–Kier alpha value is -3.86. The molecule has 0 aliphatic heterocycles. The van der Waals surface area contributed by atoms with Crippen molar-refractivity contribution in [1.82, 2.24) is 4.98 Å². The minimum atomic E-state index is -0.307. The van der Waals surface area contributed by atoms with E-state index in [1.165, 1.54) is 5.56 Å². The molecule has 0 spiro atoms. The fourth-order valence-electron chi connectivity index (χ4n) is 3.21. The topological polar surface area (TPSA) is 63.2 Å². The van der Waals surface area contributed by atoms with Gasteiger partial charge >= 0.3 is 6.03 Å². The van der Waals surface area contributed by atoms with Gasteiger partial charge in [0.05, 0.1) is 18.3 Å². The number of benzene rings is 3. The normalized spacial score (nSPS) is 10.6. The van der Waals surface area contributed by atoms with Crippen molar-refractivity contribution >= 4 is 28.3 Å². The van der Waals surface area contributed by atoms with Gasteiger partial charge in [-0.15, -0.1) is 0 Å². The number of hydrogen-bond acceptors (Lipinski definition) is 3. The Morgan fingerprint density at radius 2 is 1.66 bits per heavy atom. The first-order chi connectivity index (χ1) is 14.1. The van der Waals surface area contributed by atoms with Crippen LogP contribution >= 0.6 is 0 Å². The summed E-state index contributed by atoms with van der Waals surface area (Å²) in [7, 11) is 1.64. The van der Waals surface area contributed by atoms with Gasteiger partial charge in [0, 0.05) is 28.4 Å². The van der Waals surface area contributed by atoms with Crippen LogP contribution in [0.15, 0.2) is 78.9 Å². The number of carbonyl (C=O) groups is 1. The van der Waals surface area contributed by atoms with Gasteiger partial charge in [-0.1, -0.05) is 42.0 Å². The van der Waals surface area contributed by atoms with Crippen molar-refractivity contribution in [3.63, 3.8) is 0 Å². The number of rotatable bonds is 4. The second kappa shape index (κ2) is 8.02. The van der Waals surface area contributed by atoms with Gasteiger partial charge < -0.3 is 15.4 Å². The number of aryl methyl sites for hydroxylation is 1. The summed E-state index contributed by atoms with van der Waals surface area (Å²) in [5.74, 6) is 0.707. The molecule has 0 saturated carbocycles. The highest BCUT2D eigenvalue weighted by Crippen LogP contribution is 2.32. The fraction of sp³-hybridized carbons (Fsp3) is 0.0833. The largest absolute Gasteiger partial charge is 0.496 e. The number of anilines is 2. The van der Waals surface area contributed by atoms with Crippen LogP contribution in [-0.4, -0.2) is 18.1 Å². The summed E-state index contributed by atoms with van der Waals surface area (Å²) in [5, 5.41) is 6.49. The van der Waals surface area contributed by atoms with Gasteiger partial charge in [-0.05, 0) is 43.3 Å². The van der Waals surface area contributed by atoms with Gasteiger partial charge in [0.1, 0.15) is 5.75 Å². The number of pyridine rings is 1. The zero-order valence-electron chi connectivity index (χ0n) is 16.3. The van der Waals surface area contributed by atoms with Crippen LogP contribution in [0, 0.1) is 6.92 Å². The van der Waals surface area contributed by atoms with Crippen LogP contribution in [0.5, 0.6) is 5.75 Å². The fourth-order valence-corrected chi connectivity index (χ4v) is 3.21. The molecule has 0 fully saturated rings. The number of aromatic nitrogens is 1. The predicted octanol–water partition coefficient (Wildman–Crippen LogP) is 5.86. The quantitative estimate of drug-likeness (QED) is 0.464. The molecule has 4 rings (SSSR count). The molecular formula is C24H21N3O2. The Bertz CT molecular complexity index is 1170. The second-order valence-electron chi connectivity index (χ2n) is 6.76. The monoisotopic (exact) mass is 383 g/mol. The van der Waals surface area contributed by atoms with Gasteiger partial charge in [0.15, 0.2) is 0 Å². The summed E-state index contributed by atoms with van der Waals surface area (Å²) in [6.07, 6.45) is 0. The van der Waals surface area contributed by atoms with Crippen molar-refractivity contribution in [1.29, 1.82) is 0 Å². The van der Waals surface area contributed by atoms with Crippen molar-refractivity contribution < 1.29 is 9.53 Å². The SMILES string of the molecule is COc1cc(-c2cccc(C)c2)nc2ccc(NC(=O)Nc3ccccc3)cc12. The first-order valence-electron chi connectivity index (χ1n) is 9.31. The zero-order valence-corrected chi connectivity index (χ0v) is 16.3. The van der Waals surface area contributed by atoms with Crippen LogP contribution in [0.25, 0.3) is 22.2 Å². The summed E-state index contributed by atoms with van der Waals surface area (Å²) >= 11 is 0. The standard InChI is InChI=1S/C24H21N3O2/c1-16-7-6-8-17(13-16)22-15-23(29-2)20-14-19(11-12-21(20)27-22)26-24(28)25-18-9-4-3-5-10-18/h3-15H,1-2H3,(H2,25,26,28). The highest BCUT2D eigenvalue weighted by Gasteiger charge is 2.10. The van der Waals surface area contributed by atoms with E-state index in [4.69, 9.17) is 9.72 Å². The van der Waals surface area contributed by atoms with Crippen LogP contribution < -0.4 is 15.4 Å². The Morgan fingerprint density at radius 3 is 2.41 bits per heavy atom. The number of fused-ring (bicyclic) bond motifs is 1. The molecule has 2 amide bonds. The molecule has 1 aromatic heterocycles. The van der Waals surface area contributed by atoms with E-state index in [1.54, 1.807) is 7.11 Å². The number of para-hydroxylation sites is 1. The highest BCUT2D eigenvalue weighted by molar-refractivity contribution is 6.01. The van der Waals surface area contributed by atoms with E-state index in [2.05, 4.69) is 29.7 Å². The van der Waals surface area contributed by atoms with Crippen LogP contribution in [0.3, 0.4) is 0 Å². The summed E-state index contributed by atoms with van der Waals surface area (Å²) in [6.45, 7) is 2.06. The molecule has 0 unspecified atom stereocenters. The Labute approximate surface area is 169 Å². The maximum atomic E-state index is 12.3. The van der Waals surface area contributed by atoms with E-state index in [-0.39, 0.29) is 6.03 Å². The zero-order chi connectivity index (χ0) is 20.2. The van der Waals surface area contributed by atoms with Crippen molar-refractivity contribution in [2.45, 2.75) is 6.92 Å². The van der Waals surface area contributed by atoms with Gasteiger partial charge in [0.25, 0.3) is 0 Å². The lowest BCUT2D eigenvalue weighted by molar-refractivity contribution is 0.262. The van der Waals surface area contributed by atoms with Crippen LogP contribution in [0.4, 0.5) is 16.2 Å². The second-order valence-corrected chi connectivity index (χ2v) is 6.76. The molecule has 0 bridgehead atoms. The number of ether oxygens (including phenoxy) is 1. The van der Waals surface area contributed by atoms with E-state index in [9.17, 15) is 4.79 Å². The highest BCUT2D eigenvalue weighted by atomic mass is 16.5. The lowest BCUT2D eigenvalue weighted by Crippen LogP contribution is -2.19. The van der Waals surface area contributed by atoms with E-state index in [1.807, 2.05) is 66.7 Å². The third-order valence-corrected chi connectivity index (χ3v) is 4.59. The third-order valence-electron chi connectivity index (χ3n) is 4.59. The van der Waals surface area contributed by atoms with Crippen LogP contribution in [0.1, 0.15) is 5.56 Å². The first kappa shape index (κ1) is 18.5. The Kier molecular flexibility index (Phi) is 5.12. The van der Waals surface area contributed by atoms with Crippen LogP contribution in [0.2, 0.25) is 0 Å². The number of nitrogens with one attached hydrogen (secondary N) is 2. The molecule has 1 heterocycles. The Morgan fingerprint density at radius 1 is 0.862 bits per heavy atom. The number of amides is 2. The molecule has 0 atom stereocenters. The van der Waals surface area contributed by atoms with Gasteiger partial charge in [0.2, 0.25) is 0 Å². The van der Waals surface area contributed by atoms with Crippen molar-refractivity contribution in [2.75, 3.05) is 17.7 Å². The van der Waals surface area contributed by atoms with E-state index >= 15 is 0 Å². The smallest absolute Gasteiger partial charge is 0.323 e. The van der Waals surface area contributed by atoms with Crippen molar-refractivity contribution in [3.8, 4) is 17.0 Å². The lowest BCUT2D eigenvalue weighted by atomic mass is 10.1. The molecule has 5 heteroatoms. The summed E-state index contributed by atoms with van der Waals surface area (Å²) < 4.78 is 5.61. The molecule has 0 radical (unpaired) electrons. The Balaban J connectivity index is 1.63.